The molecule has 0 aromatic heterocycles. The van der Waals surface area contributed by atoms with Crippen LogP contribution in [0.2, 0.25) is 0 Å². The molecule has 2 saturated heterocycles. The summed E-state index contributed by atoms with van der Waals surface area (Å²) in [5.41, 5.74) is 0.988. The van der Waals surface area contributed by atoms with Gasteiger partial charge in [0.2, 0.25) is 5.91 Å². The first-order valence-electron chi connectivity index (χ1n) is 8.25. The molecule has 0 aliphatic carbocycles. The number of ketones is 1. The molecule has 0 saturated carbocycles. The number of Topliss-reactive ketones (excluding diaryl/α,β-unsaturated/α-hetero) is 1. The molecule has 0 radical (unpaired) electrons. The first kappa shape index (κ1) is 15.2. The van der Waals surface area contributed by atoms with Crippen molar-refractivity contribution in [1.29, 1.82) is 0 Å². The molecule has 2 aliphatic heterocycles. The second kappa shape index (κ2) is 6.61. The lowest BCUT2D eigenvalue weighted by atomic mass is 9.79. The van der Waals surface area contributed by atoms with Crippen LogP contribution in [0.4, 0.5) is 0 Å². The topological polar surface area (TPSA) is 49.4 Å². The maximum Gasteiger partial charge on any atom is 0.223 e. The van der Waals surface area contributed by atoms with Gasteiger partial charge in [-0.15, -0.1) is 0 Å². The predicted octanol–water partition coefficient (Wildman–Crippen LogP) is 2.25. The van der Waals surface area contributed by atoms with Crippen molar-refractivity contribution < 1.29 is 9.59 Å². The first-order chi connectivity index (χ1) is 10.7. The Hall–Kier alpha value is -1.68. The van der Waals surface area contributed by atoms with Crippen LogP contribution in [0.15, 0.2) is 30.3 Å². The van der Waals surface area contributed by atoms with E-state index in [1.165, 1.54) is 12.8 Å². The Morgan fingerprint density at radius 3 is 2.68 bits per heavy atom. The summed E-state index contributed by atoms with van der Waals surface area (Å²) < 4.78 is 0. The van der Waals surface area contributed by atoms with Gasteiger partial charge in [0.05, 0.1) is 0 Å². The largest absolute Gasteiger partial charge is 0.342 e. The fourth-order valence-corrected chi connectivity index (χ4v) is 3.71. The number of carbonyl (C=O) groups is 2. The van der Waals surface area contributed by atoms with Gasteiger partial charge >= 0.3 is 0 Å². The SMILES string of the molecule is O=C(CCC(=O)N1CCC[C@]2(CCNC2)C1)c1ccccc1. The number of amides is 1. The number of rotatable bonds is 4. The van der Waals surface area contributed by atoms with Gasteiger partial charge in [-0.25, -0.2) is 0 Å². The Bertz CT molecular complexity index is 535. The van der Waals surface area contributed by atoms with Crippen molar-refractivity contribution in [2.24, 2.45) is 5.41 Å². The molecular formula is C18H24N2O2. The summed E-state index contributed by atoms with van der Waals surface area (Å²) in [7, 11) is 0. The van der Waals surface area contributed by atoms with E-state index in [2.05, 4.69) is 5.32 Å². The van der Waals surface area contributed by atoms with E-state index in [1.807, 2.05) is 35.2 Å². The molecule has 1 aromatic carbocycles. The molecule has 0 unspecified atom stereocenters. The molecule has 1 spiro atoms. The van der Waals surface area contributed by atoms with Gasteiger partial charge in [0.15, 0.2) is 5.78 Å². The van der Waals surface area contributed by atoms with Crippen LogP contribution in [0.3, 0.4) is 0 Å². The highest BCUT2D eigenvalue weighted by Crippen LogP contribution is 2.35. The number of hydrogen-bond donors (Lipinski definition) is 1. The van der Waals surface area contributed by atoms with E-state index in [0.29, 0.717) is 18.4 Å². The fraction of sp³-hybridized carbons (Fsp3) is 0.556. The average molecular weight is 300 g/mol. The van der Waals surface area contributed by atoms with Crippen molar-refractivity contribution in [3.05, 3.63) is 35.9 Å². The second-order valence-electron chi connectivity index (χ2n) is 6.63. The molecule has 2 fully saturated rings. The normalized spacial score (nSPS) is 24.6. The van der Waals surface area contributed by atoms with Gasteiger partial charge in [-0.1, -0.05) is 30.3 Å². The lowest BCUT2D eigenvalue weighted by Gasteiger charge is -2.40. The number of carbonyl (C=O) groups excluding carboxylic acids is 2. The van der Waals surface area contributed by atoms with Crippen LogP contribution in [-0.4, -0.2) is 42.8 Å². The summed E-state index contributed by atoms with van der Waals surface area (Å²) in [6.07, 6.45) is 4.11. The summed E-state index contributed by atoms with van der Waals surface area (Å²) in [6, 6.07) is 9.23. The Morgan fingerprint density at radius 1 is 1.14 bits per heavy atom. The molecule has 118 valence electrons. The molecule has 1 aromatic rings. The third kappa shape index (κ3) is 3.38. The van der Waals surface area contributed by atoms with Gasteiger partial charge in [-0.2, -0.15) is 0 Å². The van der Waals surface area contributed by atoms with E-state index in [0.717, 1.165) is 32.6 Å². The highest BCUT2D eigenvalue weighted by Gasteiger charge is 2.39. The standard InChI is InChI=1S/C18H24N2O2/c21-16(15-5-2-1-3-6-15)7-8-17(22)20-12-4-9-18(14-20)10-11-19-13-18/h1-3,5-6,19H,4,7-14H2/t18-/m1/s1. The number of piperidine rings is 1. The Morgan fingerprint density at radius 2 is 1.95 bits per heavy atom. The molecule has 22 heavy (non-hydrogen) atoms. The zero-order valence-corrected chi connectivity index (χ0v) is 13.0. The van der Waals surface area contributed by atoms with Crippen molar-refractivity contribution in [3.8, 4) is 0 Å². The molecule has 2 heterocycles. The lowest BCUT2D eigenvalue weighted by molar-refractivity contribution is -0.134. The summed E-state index contributed by atoms with van der Waals surface area (Å²) in [5.74, 6) is 0.193. The lowest BCUT2D eigenvalue weighted by Crippen LogP contribution is -2.47. The Balaban J connectivity index is 1.52. The minimum Gasteiger partial charge on any atom is -0.342 e. The van der Waals surface area contributed by atoms with Crippen LogP contribution in [0, 0.1) is 5.41 Å². The van der Waals surface area contributed by atoms with E-state index in [-0.39, 0.29) is 17.1 Å². The fourth-order valence-electron chi connectivity index (χ4n) is 3.71. The molecule has 3 rings (SSSR count). The summed E-state index contributed by atoms with van der Waals surface area (Å²) >= 11 is 0. The van der Waals surface area contributed by atoms with Crippen molar-refractivity contribution in [2.75, 3.05) is 26.2 Å². The molecule has 1 atom stereocenters. The van der Waals surface area contributed by atoms with E-state index in [4.69, 9.17) is 0 Å². The second-order valence-corrected chi connectivity index (χ2v) is 6.63. The number of hydrogen-bond acceptors (Lipinski definition) is 3. The number of nitrogens with zero attached hydrogens (tertiary/aromatic N) is 1. The first-order valence-corrected chi connectivity index (χ1v) is 8.25. The zero-order valence-electron chi connectivity index (χ0n) is 13.0. The van der Waals surface area contributed by atoms with Crippen LogP contribution < -0.4 is 5.32 Å². The Kier molecular flexibility index (Phi) is 4.57. The quantitative estimate of drug-likeness (QED) is 0.868. The van der Waals surface area contributed by atoms with Crippen molar-refractivity contribution in [3.63, 3.8) is 0 Å². The van der Waals surface area contributed by atoms with Crippen LogP contribution in [0.1, 0.15) is 42.5 Å². The van der Waals surface area contributed by atoms with E-state index in [1.54, 1.807) is 0 Å². The minimum atomic E-state index is 0.0585. The van der Waals surface area contributed by atoms with E-state index in [9.17, 15) is 9.59 Å². The van der Waals surface area contributed by atoms with E-state index < -0.39 is 0 Å². The average Bonchev–Trinajstić information content (AvgIpc) is 3.00. The van der Waals surface area contributed by atoms with Gasteiger partial charge < -0.3 is 10.2 Å². The van der Waals surface area contributed by atoms with Crippen molar-refractivity contribution in [2.45, 2.75) is 32.1 Å². The maximum atomic E-state index is 12.4. The van der Waals surface area contributed by atoms with Crippen LogP contribution in [0.25, 0.3) is 0 Å². The van der Waals surface area contributed by atoms with Crippen LogP contribution in [-0.2, 0) is 4.79 Å². The van der Waals surface area contributed by atoms with Gasteiger partial charge in [-0.3, -0.25) is 9.59 Å². The molecular weight excluding hydrogens is 276 g/mol. The third-order valence-corrected chi connectivity index (χ3v) is 5.01. The monoisotopic (exact) mass is 300 g/mol. The van der Waals surface area contributed by atoms with Gasteiger partial charge in [0, 0.05) is 43.5 Å². The summed E-state index contributed by atoms with van der Waals surface area (Å²) in [5, 5.41) is 3.42. The predicted molar refractivity (Wildman–Crippen MR) is 85.7 cm³/mol. The number of nitrogens with one attached hydrogen (secondary N) is 1. The molecule has 4 heteroatoms. The number of likely N-dealkylation sites (tertiary alicyclic amines) is 1. The van der Waals surface area contributed by atoms with E-state index >= 15 is 0 Å². The highest BCUT2D eigenvalue weighted by atomic mass is 16.2. The molecule has 1 amide bonds. The molecule has 1 N–H and O–H groups in total. The third-order valence-electron chi connectivity index (χ3n) is 5.01. The zero-order chi connectivity index (χ0) is 15.4. The van der Waals surface area contributed by atoms with Crippen molar-refractivity contribution in [1.82, 2.24) is 10.2 Å². The molecule has 2 aliphatic rings. The maximum absolute atomic E-state index is 12.4. The molecule has 0 bridgehead atoms. The smallest absolute Gasteiger partial charge is 0.223 e. The van der Waals surface area contributed by atoms with Gasteiger partial charge in [0.25, 0.3) is 0 Å². The summed E-state index contributed by atoms with van der Waals surface area (Å²) in [4.78, 5) is 26.5. The van der Waals surface area contributed by atoms with Crippen LogP contribution in [0.5, 0.6) is 0 Å². The molecule has 4 nitrogen and oxygen atoms in total. The summed E-state index contributed by atoms with van der Waals surface area (Å²) in [6.45, 7) is 3.80. The highest BCUT2D eigenvalue weighted by molar-refractivity contribution is 5.97. The van der Waals surface area contributed by atoms with Gasteiger partial charge in [-0.05, 0) is 25.8 Å². The minimum absolute atomic E-state index is 0.0585. The van der Waals surface area contributed by atoms with Crippen molar-refractivity contribution >= 4 is 11.7 Å². The van der Waals surface area contributed by atoms with Crippen LogP contribution >= 0.6 is 0 Å². The Labute approximate surface area is 131 Å². The van der Waals surface area contributed by atoms with Gasteiger partial charge in [0.1, 0.15) is 0 Å². The number of benzene rings is 1.